The van der Waals surface area contributed by atoms with Crippen molar-refractivity contribution < 1.29 is 9.13 Å². The summed E-state index contributed by atoms with van der Waals surface area (Å²) in [7, 11) is 1.50. The van der Waals surface area contributed by atoms with E-state index in [-0.39, 0.29) is 5.82 Å². The van der Waals surface area contributed by atoms with Gasteiger partial charge < -0.3 is 10.1 Å². The highest BCUT2D eigenvalue weighted by Crippen LogP contribution is 2.19. The minimum Gasteiger partial charge on any atom is -0.494 e. The predicted molar refractivity (Wildman–Crippen MR) is 75.0 cm³/mol. The van der Waals surface area contributed by atoms with Crippen LogP contribution in [0.1, 0.15) is 18.4 Å². The van der Waals surface area contributed by atoms with E-state index in [0.29, 0.717) is 11.8 Å². The van der Waals surface area contributed by atoms with Crippen molar-refractivity contribution in [2.45, 2.75) is 25.3 Å². The maximum absolute atomic E-state index is 13.2. The zero-order valence-corrected chi connectivity index (χ0v) is 11.6. The molecule has 18 heavy (non-hydrogen) atoms. The third-order valence-corrected chi connectivity index (χ3v) is 4.44. The second-order valence-corrected chi connectivity index (χ2v) is 5.74. The molecule has 1 aromatic carbocycles. The van der Waals surface area contributed by atoms with E-state index in [1.165, 1.54) is 37.5 Å². The topological polar surface area (TPSA) is 21.3 Å². The Morgan fingerprint density at radius 1 is 1.50 bits per heavy atom. The monoisotopic (exact) mass is 269 g/mol. The SMILES string of the molecule is COc1cc(CCNC2CCCSC2)ccc1F. The third kappa shape index (κ3) is 3.89. The van der Waals surface area contributed by atoms with Crippen LogP contribution in [0, 0.1) is 5.82 Å². The van der Waals surface area contributed by atoms with Gasteiger partial charge in [-0.05, 0) is 49.3 Å². The van der Waals surface area contributed by atoms with Gasteiger partial charge in [-0.3, -0.25) is 0 Å². The minimum absolute atomic E-state index is 0.294. The van der Waals surface area contributed by atoms with Crippen LogP contribution in [0.3, 0.4) is 0 Å². The first kappa shape index (κ1) is 13.7. The Kier molecular flexibility index (Phi) is 5.32. The molecular weight excluding hydrogens is 249 g/mol. The van der Waals surface area contributed by atoms with Crippen molar-refractivity contribution in [1.29, 1.82) is 0 Å². The Hall–Kier alpha value is -0.740. The molecule has 0 spiro atoms. The molecule has 4 heteroatoms. The van der Waals surface area contributed by atoms with Gasteiger partial charge in [0.2, 0.25) is 0 Å². The zero-order chi connectivity index (χ0) is 12.8. The number of hydrogen-bond acceptors (Lipinski definition) is 3. The van der Waals surface area contributed by atoms with Gasteiger partial charge in [-0.2, -0.15) is 11.8 Å². The molecule has 2 nitrogen and oxygen atoms in total. The molecule has 1 fully saturated rings. The molecule has 1 atom stereocenters. The van der Waals surface area contributed by atoms with Crippen LogP contribution in [-0.2, 0) is 6.42 Å². The second kappa shape index (κ2) is 7.00. The number of nitrogens with one attached hydrogen (secondary N) is 1. The van der Waals surface area contributed by atoms with E-state index in [4.69, 9.17) is 4.74 Å². The molecule has 1 unspecified atom stereocenters. The lowest BCUT2D eigenvalue weighted by Gasteiger charge is -2.22. The molecule has 0 aliphatic carbocycles. The molecular formula is C14H20FNOS. The normalized spacial score (nSPS) is 19.8. The summed E-state index contributed by atoms with van der Waals surface area (Å²) in [5.41, 5.74) is 1.12. The fourth-order valence-corrected chi connectivity index (χ4v) is 3.29. The molecule has 2 rings (SSSR count). The number of rotatable bonds is 5. The van der Waals surface area contributed by atoms with Crippen LogP contribution in [0.2, 0.25) is 0 Å². The lowest BCUT2D eigenvalue weighted by Crippen LogP contribution is -2.35. The molecule has 1 heterocycles. The molecule has 0 bridgehead atoms. The fraction of sp³-hybridized carbons (Fsp3) is 0.571. The summed E-state index contributed by atoms with van der Waals surface area (Å²) in [5.74, 6) is 2.55. The first-order valence-electron chi connectivity index (χ1n) is 6.43. The Bertz CT molecular complexity index is 380. The molecule has 1 aliphatic heterocycles. The van der Waals surface area contributed by atoms with Gasteiger partial charge in [0.25, 0.3) is 0 Å². The fourth-order valence-electron chi connectivity index (χ4n) is 2.18. The largest absolute Gasteiger partial charge is 0.494 e. The van der Waals surface area contributed by atoms with Gasteiger partial charge in [-0.15, -0.1) is 0 Å². The number of benzene rings is 1. The Balaban J connectivity index is 1.79. The number of ether oxygens (including phenoxy) is 1. The summed E-state index contributed by atoms with van der Waals surface area (Å²) in [4.78, 5) is 0. The van der Waals surface area contributed by atoms with E-state index in [1.807, 2.05) is 17.8 Å². The van der Waals surface area contributed by atoms with Crippen molar-refractivity contribution in [1.82, 2.24) is 5.32 Å². The van der Waals surface area contributed by atoms with E-state index >= 15 is 0 Å². The van der Waals surface area contributed by atoms with Gasteiger partial charge in [0, 0.05) is 11.8 Å². The molecule has 0 radical (unpaired) electrons. The van der Waals surface area contributed by atoms with E-state index < -0.39 is 0 Å². The average molecular weight is 269 g/mol. The van der Waals surface area contributed by atoms with Crippen molar-refractivity contribution in [3.05, 3.63) is 29.6 Å². The standard InChI is InChI=1S/C14H20FNOS/c1-17-14-9-11(4-5-13(14)15)6-7-16-12-3-2-8-18-10-12/h4-5,9,12,16H,2-3,6-8,10H2,1H3. The van der Waals surface area contributed by atoms with E-state index in [0.717, 1.165) is 18.5 Å². The summed E-state index contributed by atoms with van der Waals surface area (Å²) < 4.78 is 18.2. The minimum atomic E-state index is -0.294. The summed E-state index contributed by atoms with van der Waals surface area (Å²) in [6.07, 6.45) is 3.50. The highest BCUT2D eigenvalue weighted by molar-refractivity contribution is 7.99. The highest BCUT2D eigenvalue weighted by atomic mass is 32.2. The maximum Gasteiger partial charge on any atom is 0.165 e. The molecule has 1 saturated heterocycles. The van der Waals surface area contributed by atoms with Crippen LogP contribution in [0.5, 0.6) is 5.75 Å². The molecule has 0 saturated carbocycles. The van der Waals surface area contributed by atoms with Gasteiger partial charge in [0.05, 0.1) is 7.11 Å². The summed E-state index contributed by atoms with van der Waals surface area (Å²) in [6.45, 7) is 0.944. The average Bonchev–Trinajstić information content (AvgIpc) is 2.42. The number of halogens is 1. The van der Waals surface area contributed by atoms with E-state index in [9.17, 15) is 4.39 Å². The van der Waals surface area contributed by atoms with Crippen LogP contribution in [0.4, 0.5) is 4.39 Å². The first-order chi connectivity index (χ1) is 8.79. The van der Waals surface area contributed by atoms with Gasteiger partial charge in [-0.25, -0.2) is 4.39 Å². The number of hydrogen-bond donors (Lipinski definition) is 1. The Morgan fingerprint density at radius 3 is 3.11 bits per heavy atom. The Morgan fingerprint density at radius 2 is 2.39 bits per heavy atom. The summed E-state index contributed by atoms with van der Waals surface area (Å²) in [5, 5.41) is 3.57. The van der Waals surface area contributed by atoms with Gasteiger partial charge >= 0.3 is 0 Å². The van der Waals surface area contributed by atoms with Crippen LogP contribution >= 0.6 is 11.8 Å². The van der Waals surface area contributed by atoms with Crippen LogP contribution in [0.25, 0.3) is 0 Å². The maximum atomic E-state index is 13.2. The smallest absolute Gasteiger partial charge is 0.165 e. The zero-order valence-electron chi connectivity index (χ0n) is 10.7. The number of methoxy groups -OCH3 is 1. The third-order valence-electron chi connectivity index (χ3n) is 3.22. The van der Waals surface area contributed by atoms with Gasteiger partial charge in [0.1, 0.15) is 0 Å². The van der Waals surface area contributed by atoms with Crippen molar-refractivity contribution in [3.63, 3.8) is 0 Å². The highest BCUT2D eigenvalue weighted by Gasteiger charge is 2.12. The Labute approximate surface area is 112 Å². The first-order valence-corrected chi connectivity index (χ1v) is 7.58. The number of thioether (sulfide) groups is 1. The molecule has 1 N–H and O–H groups in total. The molecule has 0 amide bonds. The molecule has 1 aromatic rings. The van der Waals surface area contributed by atoms with Crippen molar-refractivity contribution in [2.75, 3.05) is 25.2 Å². The van der Waals surface area contributed by atoms with Crippen LogP contribution < -0.4 is 10.1 Å². The summed E-state index contributed by atoms with van der Waals surface area (Å²) in [6, 6.07) is 5.73. The van der Waals surface area contributed by atoms with Crippen molar-refractivity contribution >= 4 is 11.8 Å². The van der Waals surface area contributed by atoms with Crippen LogP contribution in [0.15, 0.2) is 18.2 Å². The van der Waals surface area contributed by atoms with Crippen molar-refractivity contribution in [2.24, 2.45) is 0 Å². The van der Waals surface area contributed by atoms with Gasteiger partial charge in [0.15, 0.2) is 11.6 Å². The van der Waals surface area contributed by atoms with E-state index in [2.05, 4.69) is 5.32 Å². The lowest BCUT2D eigenvalue weighted by atomic mass is 10.1. The molecule has 100 valence electrons. The lowest BCUT2D eigenvalue weighted by molar-refractivity contribution is 0.386. The van der Waals surface area contributed by atoms with E-state index in [1.54, 1.807) is 6.07 Å². The second-order valence-electron chi connectivity index (χ2n) is 4.59. The van der Waals surface area contributed by atoms with Crippen molar-refractivity contribution in [3.8, 4) is 5.75 Å². The van der Waals surface area contributed by atoms with Gasteiger partial charge in [-0.1, -0.05) is 6.07 Å². The predicted octanol–water partition coefficient (Wildman–Crippen LogP) is 2.86. The quantitative estimate of drug-likeness (QED) is 0.888. The van der Waals surface area contributed by atoms with Crippen LogP contribution in [-0.4, -0.2) is 31.2 Å². The molecule has 0 aromatic heterocycles. The summed E-state index contributed by atoms with van der Waals surface area (Å²) >= 11 is 2.03. The molecule has 1 aliphatic rings.